The molecule has 1 N–H and O–H groups in total. The maximum absolute atomic E-state index is 12.5. The Balaban J connectivity index is 1.66. The minimum absolute atomic E-state index is 0.157. The molecule has 2 aromatic heterocycles. The van der Waals surface area contributed by atoms with E-state index in [0.29, 0.717) is 11.1 Å². The van der Waals surface area contributed by atoms with E-state index in [-0.39, 0.29) is 5.91 Å². The summed E-state index contributed by atoms with van der Waals surface area (Å²) in [7, 11) is 1.85. The summed E-state index contributed by atoms with van der Waals surface area (Å²) in [6.45, 7) is 0. The van der Waals surface area contributed by atoms with E-state index in [1.165, 1.54) is 0 Å². The first kappa shape index (κ1) is 13.3. The Kier molecular flexibility index (Phi) is 3.07. The van der Waals surface area contributed by atoms with E-state index in [1.54, 1.807) is 35.3 Å². The number of thioether (sulfide) groups is 1. The molecule has 0 atom stereocenters. The van der Waals surface area contributed by atoms with Gasteiger partial charge >= 0.3 is 0 Å². The zero-order valence-electron chi connectivity index (χ0n) is 11.9. The van der Waals surface area contributed by atoms with Crippen LogP contribution < -0.4 is 5.32 Å². The van der Waals surface area contributed by atoms with Gasteiger partial charge in [-0.3, -0.25) is 19.4 Å². The van der Waals surface area contributed by atoms with Crippen LogP contribution in [-0.4, -0.2) is 25.7 Å². The molecule has 3 heterocycles. The van der Waals surface area contributed by atoms with E-state index in [9.17, 15) is 4.79 Å². The van der Waals surface area contributed by atoms with E-state index in [0.717, 1.165) is 34.1 Å². The fourth-order valence-electron chi connectivity index (χ4n) is 2.58. The van der Waals surface area contributed by atoms with Crippen molar-refractivity contribution in [2.75, 3.05) is 5.32 Å². The average Bonchev–Trinajstić information content (AvgIpc) is 3.09. The normalized spacial score (nSPS) is 13.3. The van der Waals surface area contributed by atoms with E-state index in [4.69, 9.17) is 0 Å². The fraction of sp³-hybridized carbons (Fsp3) is 0.200. The molecule has 4 rings (SSSR count). The van der Waals surface area contributed by atoms with Crippen LogP contribution in [0.1, 0.15) is 21.6 Å². The second kappa shape index (κ2) is 5.10. The molecular weight excluding hydrogens is 298 g/mol. The van der Waals surface area contributed by atoms with Gasteiger partial charge in [-0.2, -0.15) is 16.9 Å². The van der Waals surface area contributed by atoms with Crippen LogP contribution in [0.25, 0.3) is 11.0 Å². The molecule has 0 bridgehead atoms. The number of carbonyl (C=O) groups excluding carboxylic acids is 1. The molecule has 0 saturated heterocycles. The third-order valence-corrected chi connectivity index (χ3v) is 4.65. The summed E-state index contributed by atoms with van der Waals surface area (Å²) < 4.78 is 1.74. The van der Waals surface area contributed by atoms with Crippen molar-refractivity contribution in [2.45, 2.75) is 11.5 Å². The van der Waals surface area contributed by atoms with Crippen LogP contribution in [-0.2, 0) is 18.6 Å². The van der Waals surface area contributed by atoms with Crippen LogP contribution in [0, 0.1) is 0 Å². The summed E-state index contributed by atoms with van der Waals surface area (Å²) in [6.07, 6.45) is 3.26. The lowest BCUT2D eigenvalue weighted by molar-refractivity contribution is 0.102. The fourth-order valence-corrected chi connectivity index (χ4v) is 3.62. The minimum atomic E-state index is -0.157. The van der Waals surface area contributed by atoms with Gasteiger partial charge in [0.2, 0.25) is 0 Å². The zero-order valence-corrected chi connectivity index (χ0v) is 12.7. The quantitative estimate of drug-likeness (QED) is 0.786. The highest BCUT2D eigenvalue weighted by molar-refractivity contribution is 7.98. The highest BCUT2D eigenvalue weighted by Gasteiger charge is 2.22. The van der Waals surface area contributed by atoms with Gasteiger partial charge in [-0.15, -0.1) is 0 Å². The second-order valence-electron chi connectivity index (χ2n) is 5.10. The molecule has 0 saturated carbocycles. The number of benzene rings is 1. The molecule has 0 unspecified atom stereocenters. The van der Waals surface area contributed by atoms with Crippen LogP contribution in [0.5, 0.6) is 0 Å². The predicted octanol–water partition coefficient (Wildman–Crippen LogP) is 2.36. The van der Waals surface area contributed by atoms with Gasteiger partial charge in [-0.05, 0) is 18.2 Å². The third kappa shape index (κ3) is 2.14. The molecule has 1 aromatic carbocycles. The van der Waals surface area contributed by atoms with Gasteiger partial charge in [0, 0.05) is 42.1 Å². The Morgan fingerprint density at radius 3 is 2.91 bits per heavy atom. The van der Waals surface area contributed by atoms with Gasteiger partial charge in [0.1, 0.15) is 5.82 Å². The number of nitrogens with zero attached hydrogens (tertiary/aromatic N) is 4. The Bertz CT molecular complexity index is 889. The largest absolute Gasteiger partial charge is 0.307 e. The third-order valence-electron chi connectivity index (χ3n) is 3.68. The van der Waals surface area contributed by atoms with Crippen LogP contribution in [0.4, 0.5) is 5.82 Å². The van der Waals surface area contributed by atoms with Crippen molar-refractivity contribution in [2.24, 2.45) is 7.05 Å². The number of rotatable bonds is 2. The van der Waals surface area contributed by atoms with E-state index >= 15 is 0 Å². The van der Waals surface area contributed by atoms with Crippen LogP contribution in [0.2, 0.25) is 0 Å². The van der Waals surface area contributed by atoms with Gasteiger partial charge in [-0.1, -0.05) is 0 Å². The molecule has 0 spiro atoms. The van der Waals surface area contributed by atoms with Gasteiger partial charge in [-0.25, -0.2) is 0 Å². The lowest BCUT2D eigenvalue weighted by Crippen LogP contribution is -2.15. The standard InChI is InChI=1S/C15H13N5OS/c1-20-14(10-7-22-8-13(10)19-20)18-15(21)9-2-3-11-12(6-9)17-5-4-16-11/h2-6H,7-8H2,1H3,(H,18,21). The summed E-state index contributed by atoms with van der Waals surface area (Å²) in [5.41, 5.74) is 4.24. The molecule has 1 aliphatic heterocycles. The van der Waals surface area contributed by atoms with Crippen molar-refractivity contribution in [1.82, 2.24) is 19.7 Å². The van der Waals surface area contributed by atoms with E-state index in [2.05, 4.69) is 20.4 Å². The van der Waals surface area contributed by atoms with Gasteiger partial charge in [0.05, 0.1) is 16.7 Å². The van der Waals surface area contributed by atoms with Gasteiger partial charge in [0.15, 0.2) is 0 Å². The molecule has 1 aliphatic rings. The molecule has 6 nitrogen and oxygen atoms in total. The first-order valence-corrected chi connectivity index (χ1v) is 8.02. The Morgan fingerprint density at radius 2 is 2.05 bits per heavy atom. The van der Waals surface area contributed by atoms with Crippen molar-refractivity contribution in [3.8, 4) is 0 Å². The number of nitrogens with one attached hydrogen (secondary N) is 1. The Labute approximate surface area is 131 Å². The first-order chi connectivity index (χ1) is 10.7. The molecule has 0 fully saturated rings. The monoisotopic (exact) mass is 311 g/mol. The molecule has 0 aliphatic carbocycles. The molecule has 110 valence electrons. The topological polar surface area (TPSA) is 72.7 Å². The van der Waals surface area contributed by atoms with E-state index < -0.39 is 0 Å². The van der Waals surface area contributed by atoms with Crippen LogP contribution in [0.15, 0.2) is 30.6 Å². The zero-order chi connectivity index (χ0) is 15.1. The highest BCUT2D eigenvalue weighted by atomic mass is 32.2. The maximum Gasteiger partial charge on any atom is 0.256 e. The van der Waals surface area contributed by atoms with Crippen LogP contribution >= 0.6 is 11.8 Å². The number of anilines is 1. The maximum atomic E-state index is 12.5. The molecule has 7 heteroatoms. The number of hydrogen-bond acceptors (Lipinski definition) is 5. The van der Waals surface area contributed by atoms with Gasteiger partial charge < -0.3 is 5.32 Å². The van der Waals surface area contributed by atoms with Crippen molar-refractivity contribution < 1.29 is 4.79 Å². The summed E-state index contributed by atoms with van der Waals surface area (Å²) in [4.78, 5) is 20.9. The van der Waals surface area contributed by atoms with E-state index in [1.807, 2.05) is 18.8 Å². The summed E-state index contributed by atoms with van der Waals surface area (Å²) in [5, 5.41) is 7.42. The highest BCUT2D eigenvalue weighted by Crippen LogP contribution is 2.34. The SMILES string of the molecule is Cn1nc2c(c1NC(=O)c1ccc3nccnc3c1)CSC2. The Morgan fingerprint density at radius 1 is 1.23 bits per heavy atom. The summed E-state index contributed by atoms with van der Waals surface area (Å²) in [6, 6.07) is 5.32. The van der Waals surface area contributed by atoms with Gasteiger partial charge in [0.25, 0.3) is 5.91 Å². The lowest BCUT2D eigenvalue weighted by atomic mass is 10.1. The number of hydrogen-bond donors (Lipinski definition) is 1. The summed E-state index contributed by atoms with van der Waals surface area (Å²) in [5.74, 6) is 2.42. The lowest BCUT2D eigenvalue weighted by Gasteiger charge is -2.08. The molecular formula is C15H13N5OS. The Hall–Kier alpha value is -2.41. The second-order valence-corrected chi connectivity index (χ2v) is 6.09. The molecule has 1 amide bonds. The number of fused-ring (bicyclic) bond motifs is 2. The number of aromatic nitrogens is 4. The van der Waals surface area contributed by atoms with Crippen molar-refractivity contribution in [1.29, 1.82) is 0 Å². The first-order valence-electron chi connectivity index (χ1n) is 6.87. The van der Waals surface area contributed by atoms with Crippen molar-refractivity contribution in [3.63, 3.8) is 0 Å². The predicted molar refractivity (Wildman–Crippen MR) is 85.7 cm³/mol. The number of aryl methyl sites for hydroxylation is 1. The van der Waals surface area contributed by atoms with Crippen LogP contribution in [0.3, 0.4) is 0 Å². The number of carbonyl (C=O) groups is 1. The minimum Gasteiger partial charge on any atom is -0.307 e. The molecule has 0 radical (unpaired) electrons. The molecule has 3 aromatic rings. The average molecular weight is 311 g/mol. The summed E-state index contributed by atoms with van der Waals surface area (Å²) >= 11 is 1.81. The number of amides is 1. The van der Waals surface area contributed by atoms with Crippen molar-refractivity contribution in [3.05, 3.63) is 47.4 Å². The smallest absolute Gasteiger partial charge is 0.256 e. The van der Waals surface area contributed by atoms with Crippen molar-refractivity contribution >= 4 is 34.5 Å². The molecule has 22 heavy (non-hydrogen) atoms.